The van der Waals surface area contributed by atoms with Crippen molar-refractivity contribution < 1.29 is 9.18 Å². The zero-order valence-corrected chi connectivity index (χ0v) is 12.2. The van der Waals surface area contributed by atoms with Gasteiger partial charge in [0, 0.05) is 10.0 Å². The number of halogens is 2. The Bertz CT molecular complexity index is 640. The molecule has 0 heterocycles. The van der Waals surface area contributed by atoms with Crippen LogP contribution in [0.5, 0.6) is 0 Å². The standard InChI is InChI=1S/C15H13BrFNO/c1-9-3-5-12(10(2)7-9)15(19)18-14-6-4-11(16)8-13(14)17/h3-8H,1-2H3,(H,18,19). The van der Waals surface area contributed by atoms with Crippen molar-refractivity contribution in [1.82, 2.24) is 0 Å². The van der Waals surface area contributed by atoms with E-state index >= 15 is 0 Å². The molecule has 0 spiro atoms. The van der Waals surface area contributed by atoms with Crippen LogP contribution < -0.4 is 5.32 Å². The van der Waals surface area contributed by atoms with Crippen LogP contribution in [0.3, 0.4) is 0 Å². The molecule has 0 unspecified atom stereocenters. The van der Waals surface area contributed by atoms with E-state index in [0.29, 0.717) is 10.0 Å². The van der Waals surface area contributed by atoms with Gasteiger partial charge in [-0.15, -0.1) is 0 Å². The summed E-state index contributed by atoms with van der Waals surface area (Å²) in [5, 5.41) is 2.58. The van der Waals surface area contributed by atoms with Crippen LogP contribution in [0.25, 0.3) is 0 Å². The summed E-state index contributed by atoms with van der Waals surface area (Å²) in [6.45, 7) is 3.82. The third-order valence-electron chi connectivity index (χ3n) is 2.81. The Balaban J connectivity index is 2.25. The molecule has 98 valence electrons. The molecule has 0 fully saturated rings. The lowest BCUT2D eigenvalue weighted by Gasteiger charge is -2.09. The predicted molar refractivity (Wildman–Crippen MR) is 78.0 cm³/mol. The summed E-state index contributed by atoms with van der Waals surface area (Å²) in [6.07, 6.45) is 0. The van der Waals surface area contributed by atoms with E-state index in [2.05, 4.69) is 21.2 Å². The number of nitrogens with one attached hydrogen (secondary N) is 1. The molecule has 2 nitrogen and oxygen atoms in total. The molecule has 0 atom stereocenters. The summed E-state index contributed by atoms with van der Waals surface area (Å²) < 4.78 is 14.3. The molecule has 0 saturated heterocycles. The van der Waals surface area contributed by atoms with Crippen LogP contribution in [-0.4, -0.2) is 5.91 Å². The Morgan fingerprint density at radius 3 is 2.53 bits per heavy atom. The second kappa shape index (κ2) is 5.53. The minimum absolute atomic E-state index is 0.174. The lowest BCUT2D eigenvalue weighted by Crippen LogP contribution is -2.14. The Morgan fingerprint density at radius 1 is 1.16 bits per heavy atom. The van der Waals surface area contributed by atoms with Crippen molar-refractivity contribution in [3.05, 3.63) is 63.4 Å². The summed E-state index contributed by atoms with van der Waals surface area (Å²) in [6, 6.07) is 10.1. The highest BCUT2D eigenvalue weighted by Crippen LogP contribution is 2.20. The molecule has 0 aliphatic carbocycles. The first-order valence-electron chi connectivity index (χ1n) is 5.81. The highest BCUT2D eigenvalue weighted by Gasteiger charge is 2.11. The highest BCUT2D eigenvalue weighted by molar-refractivity contribution is 9.10. The van der Waals surface area contributed by atoms with Crippen LogP contribution in [0.15, 0.2) is 40.9 Å². The molecule has 0 bridgehead atoms. The van der Waals surface area contributed by atoms with E-state index in [-0.39, 0.29) is 11.6 Å². The molecule has 4 heteroatoms. The lowest BCUT2D eigenvalue weighted by molar-refractivity contribution is 0.102. The Morgan fingerprint density at radius 2 is 1.89 bits per heavy atom. The van der Waals surface area contributed by atoms with Crippen LogP contribution in [0.4, 0.5) is 10.1 Å². The molecule has 0 aliphatic heterocycles. The maximum absolute atomic E-state index is 13.6. The van der Waals surface area contributed by atoms with Crippen molar-refractivity contribution in [1.29, 1.82) is 0 Å². The summed E-state index contributed by atoms with van der Waals surface area (Å²) >= 11 is 3.17. The van der Waals surface area contributed by atoms with Gasteiger partial charge in [0.15, 0.2) is 0 Å². The van der Waals surface area contributed by atoms with Crippen molar-refractivity contribution in [2.75, 3.05) is 5.32 Å². The van der Waals surface area contributed by atoms with Gasteiger partial charge >= 0.3 is 0 Å². The predicted octanol–water partition coefficient (Wildman–Crippen LogP) is 4.46. The number of amides is 1. The van der Waals surface area contributed by atoms with E-state index < -0.39 is 5.82 Å². The zero-order chi connectivity index (χ0) is 14.0. The number of hydrogen-bond donors (Lipinski definition) is 1. The van der Waals surface area contributed by atoms with Gasteiger partial charge in [0.2, 0.25) is 0 Å². The second-order valence-electron chi connectivity index (χ2n) is 4.40. The maximum atomic E-state index is 13.6. The van der Waals surface area contributed by atoms with Gasteiger partial charge in [0.1, 0.15) is 5.82 Å². The zero-order valence-electron chi connectivity index (χ0n) is 10.6. The largest absolute Gasteiger partial charge is 0.319 e. The minimum Gasteiger partial charge on any atom is -0.319 e. The molecule has 1 amide bonds. The van der Waals surface area contributed by atoms with Gasteiger partial charge in [0.25, 0.3) is 5.91 Å². The molecule has 2 aromatic carbocycles. The number of carbonyl (C=O) groups is 1. The van der Waals surface area contributed by atoms with Crippen molar-refractivity contribution in [2.24, 2.45) is 0 Å². The van der Waals surface area contributed by atoms with Crippen LogP contribution in [-0.2, 0) is 0 Å². The Kier molecular flexibility index (Phi) is 4.00. The number of hydrogen-bond acceptors (Lipinski definition) is 1. The first kappa shape index (κ1) is 13.7. The van der Waals surface area contributed by atoms with Crippen molar-refractivity contribution in [2.45, 2.75) is 13.8 Å². The molecule has 19 heavy (non-hydrogen) atoms. The van der Waals surface area contributed by atoms with Gasteiger partial charge in [-0.3, -0.25) is 4.79 Å². The molecule has 0 aliphatic rings. The summed E-state index contributed by atoms with van der Waals surface area (Å²) in [7, 11) is 0. The van der Waals surface area contributed by atoms with Crippen LogP contribution in [0.2, 0.25) is 0 Å². The van der Waals surface area contributed by atoms with Gasteiger partial charge in [0.05, 0.1) is 5.69 Å². The first-order chi connectivity index (χ1) is 8.97. The van der Waals surface area contributed by atoms with E-state index in [0.717, 1.165) is 11.1 Å². The first-order valence-corrected chi connectivity index (χ1v) is 6.60. The van der Waals surface area contributed by atoms with Gasteiger partial charge in [-0.25, -0.2) is 4.39 Å². The number of carbonyl (C=O) groups excluding carboxylic acids is 1. The molecule has 0 radical (unpaired) electrons. The van der Waals surface area contributed by atoms with E-state index in [1.807, 2.05) is 26.0 Å². The van der Waals surface area contributed by atoms with Crippen molar-refractivity contribution >= 4 is 27.5 Å². The number of rotatable bonds is 2. The average molecular weight is 322 g/mol. The molecular formula is C15H13BrFNO. The van der Waals surface area contributed by atoms with E-state index in [1.54, 1.807) is 12.1 Å². The van der Waals surface area contributed by atoms with Crippen molar-refractivity contribution in [3.63, 3.8) is 0 Å². The SMILES string of the molecule is Cc1ccc(C(=O)Nc2ccc(Br)cc2F)c(C)c1. The van der Waals surface area contributed by atoms with Gasteiger partial charge in [-0.05, 0) is 43.7 Å². The number of benzene rings is 2. The van der Waals surface area contributed by atoms with E-state index in [1.165, 1.54) is 12.1 Å². The smallest absolute Gasteiger partial charge is 0.256 e. The molecule has 1 N–H and O–H groups in total. The van der Waals surface area contributed by atoms with Gasteiger partial charge in [-0.1, -0.05) is 33.6 Å². The molecule has 2 aromatic rings. The third kappa shape index (κ3) is 3.20. The fraction of sp³-hybridized carbons (Fsp3) is 0.133. The summed E-state index contributed by atoms with van der Waals surface area (Å²) in [5.41, 5.74) is 2.68. The summed E-state index contributed by atoms with van der Waals surface area (Å²) in [4.78, 5) is 12.1. The maximum Gasteiger partial charge on any atom is 0.256 e. The van der Waals surface area contributed by atoms with Gasteiger partial charge in [-0.2, -0.15) is 0 Å². The van der Waals surface area contributed by atoms with E-state index in [4.69, 9.17) is 0 Å². The Labute approximate surface area is 119 Å². The second-order valence-corrected chi connectivity index (χ2v) is 5.31. The topological polar surface area (TPSA) is 29.1 Å². The average Bonchev–Trinajstić information content (AvgIpc) is 2.32. The fourth-order valence-corrected chi connectivity index (χ4v) is 2.18. The van der Waals surface area contributed by atoms with Crippen LogP contribution in [0.1, 0.15) is 21.5 Å². The molecule has 0 saturated carbocycles. The van der Waals surface area contributed by atoms with Crippen LogP contribution in [0, 0.1) is 19.7 Å². The van der Waals surface area contributed by atoms with Gasteiger partial charge < -0.3 is 5.32 Å². The molecule has 0 aromatic heterocycles. The quantitative estimate of drug-likeness (QED) is 0.869. The monoisotopic (exact) mass is 321 g/mol. The minimum atomic E-state index is -0.465. The molecular weight excluding hydrogens is 309 g/mol. The number of aryl methyl sites for hydroxylation is 2. The fourth-order valence-electron chi connectivity index (χ4n) is 1.85. The summed E-state index contributed by atoms with van der Waals surface area (Å²) in [5.74, 6) is -0.772. The highest BCUT2D eigenvalue weighted by atomic mass is 79.9. The number of anilines is 1. The third-order valence-corrected chi connectivity index (χ3v) is 3.30. The van der Waals surface area contributed by atoms with Crippen LogP contribution >= 0.6 is 15.9 Å². The normalized spacial score (nSPS) is 10.3. The molecule has 2 rings (SSSR count). The van der Waals surface area contributed by atoms with Crippen molar-refractivity contribution in [3.8, 4) is 0 Å². The Hall–Kier alpha value is -1.68. The van der Waals surface area contributed by atoms with E-state index in [9.17, 15) is 9.18 Å². The lowest BCUT2D eigenvalue weighted by atomic mass is 10.1.